The molecule has 0 aliphatic carbocycles. The van der Waals surface area contributed by atoms with Crippen LogP contribution in [0.15, 0.2) is 24.5 Å². The normalized spacial score (nSPS) is 14.0. The van der Waals surface area contributed by atoms with Crippen molar-refractivity contribution >= 4 is 28.0 Å². The number of anilines is 3. The van der Waals surface area contributed by atoms with Gasteiger partial charge < -0.3 is 15.3 Å². The Morgan fingerprint density at radius 1 is 1.26 bits per heavy atom. The van der Waals surface area contributed by atoms with Gasteiger partial charge in [-0.25, -0.2) is 19.3 Å². The average molecular weight is 493 g/mol. The number of thiazole rings is 1. The number of halogens is 4. The molecule has 3 heterocycles. The second-order valence-corrected chi connectivity index (χ2v) is 9.28. The largest absolute Gasteiger partial charge is 0.434 e. The zero-order valence-electron chi connectivity index (χ0n) is 18.2. The molecule has 1 aliphatic heterocycles. The van der Waals surface area contributed by atoms with E-state index in [1.807, 2.05) is 11.0 Å². The smallest absolute Gasteiger partial charge is 0.385 e. The molecule has 0 bridgehead atoms. The number of nitrogens with one attached hydrogen (secondary N) is 1. The van der Waals surface area contributed by atoms with Crippen molar-refractivity contribution in [3.63, 3.8) is 0 Å². The third-order valence-electron chi connectivity index (χ3n) is 5.40. The van der Waals surface area contributed by atoms with E-state index < -0.39 is 24.1 Å². The van der Waals surface area contributed by atoms with Crippen LogP contribution in [0, 0.1) is 11.3 Å². The molecule has 0 saturated heterocycles. The number of nitriles is 1. The lowest BCUT2D eigenvalue weighted by molar-refractivity contribution is -0.143. The second-order valence-electron chi connectivity index (χ2n) is 8.28. The molecule has 0 saturated carbocycles. The van der Waals surface area contributed by atoms with Gasteiger partial charge in [-0.05, 0) is 38.5 Å². The minimum absolute atomic E-state index is 0.0348. The fraction of sp³-hybridized carbons (Fsp3) is 0.364. The monoisotopic (exact) mass is 492 g/mol. The van der Waals surface area contributed by atoms with Crippen LogP contribution in [0.2, 0.25) is 0 Å². The zero-order chi connectivity index (χ0) is 24.7. The lowest BCUT2D eigenvalue weighted by atomic mass is 10.0. The summed E-state index contributed by atoms with van der Waals surface area (Å²) < 4.78 is 53.6. The van der Waals surface area contributed by atoms with Gasteiger partial charge in [0.25, 0.3) is 0 Å². The summed E-state index contributed by atoms with van der Waals surface area (Å²) >= 11 is 0.719. The number of fused-ring (bicyclic) bond motifs is 1. The summed E-state index contributed by atoms with van der Waals surface area (Å²) in [5.41, 5.74) is -0.0987. The topological polar surface area (TPSA) is 98.0 Å². The maximum Gasteiger partial charge on any atom is 0.434 e. The molecule has 0 radical (unpaired) electrons. The predicted octanol–water partition coefficient (Wildman–Crippen LogP) is 4.83. The Labute approximate surface area is 196 Å². The maximum atomic E-state index is 13.4. The molecule has 0 atom stereocenters. The first-order valence-electron chi connectivity index (χ1n) is 10.3. The molecule has 34 heavy (non-hydrogen) atoms. The second kappa shape index (κ2) is 8.81. The first-order valence-corrected chi connectivity index (χ1v) is 11.1. The molecule has 0 spiro atoms. The van der Waals surface area contributed by atoms with Crippen LogP contribution < -0.4 is 10.2 Å². The van der Waals surface area contributed by atoms with E-state index in [4.69, 9.17) is 5.26 Å². The van der Waals surface area contributed by atoms with E-state index in [0.29, 0.717) is 36.6 Å². The van der Waals surface area contributed by atoms with E-state index in [1.54, 1.807) is 18.2 Å². The molecule has 1 aromatic carbocycles. The zero-order valence-corrected chi connectivity index (χ0v) is 19.1. The highest BCUT2D eigenvalue weighted by Crippen LogP contribution is 2.42. The van der Waals surface area contributed by atoms with Gasteiger partial charge in [0.15, 0.2) is 10.8 Å². The fourth-order valence-corrected chi connectivity index (χ4v) is 4.75. The van der Waals surface area contributed by atoms with E-state index in [-0.39, 0.29) is 15.6 Å². The van der Waals surface area contributed by atoms with Crippen molar-refractivity contribution in [3.05, 3.63) is 57.5 Å². The number of benzene rings is 1. The van der Waals surface area contributed by atoms with Gasteiger partial charge in [-0.3, -0.25) is 0 Å². The summed E-state index contributed by atoms with van der Waals surface area (Å²) in [4.78, 5) is 13.9. The van der Waals surface area contributed by atoms with Crippen molar-refractivity contribution in [2.45, 2.75) is 45.3 Å². The van der Waals surface area contributed by atoms with Gasteiger partial charge in [0.05, 0.1) is 34.3 Å². The van der Waals surface area contributed by atoms with E-state index in [2.05, 4.69) is 20.3 Å². The Morgan fingerprint density at radius 2 is 2.03 bits per heavy atom. The molecular weight excluding hydrogens is 472 g/mol. The lowest BCUT2D eigenvalue weighted by Crippen LogP contribution is -2.31. The van der Waals surface area contributed by atoms with Crippen LogP contribution in [0.3, 0.4) is 0 Å². The van der Waals surface area contributed by atoms with Gasteiger partial charge in [0.1, 0.15) is 18.8 Å². The van der Waals surface area contributed by atoms with E-state index >= 15 is 0 Å². The Balaban J connectivity index is 1.61. The standard InChI is InChI=1S/C22H20F4N6OS/c1-21(2,33)18-17(22(24,25)26)30-20(34-18)31-19-15-5-6-32(10-16(15)28-11-29-19)14-4-3-12(9-27)13(7-14)8-23/h3-4,7,11,33H,5-6,8,10H2,1-2H3,(H,28,29,30,31). The first-order chi connectivity index (χ1) is 16.0. The minimum atomic E-state index is -4.71. The lowest BCUT2D eigenvalue weighted by Gasteiger charge is -2.31. The predicted molar refractivity (Wildman–Crippen MR) is 118 cm³/mol. The van der Waals surface area contributed by atoms with Crippen molar-refractivity contribution in [1.82, 2.24) is 15.0 Å². The number of nitrogens with zero attached hydrogens (tertiary/aromatic N) is 5. The molecule has 2 N–H and O–H groups in total. The van der Waals surface area contributed by atoms with Crippen molar-refractivity contribution in [2.24, 2.45) is 0 Å². The van der Waals surface area contributed by atoms with Crippen LogP contribution in [0.4, 0.5) is 34.2 Å². The van der Waals surface area contributed by atoms with Crippen LogP contribution in [0.1, 0.15) is 46.8 Å². The summed E-state index contributed by atoms with van der Waals surface area (Å²) in [7, 11) is 0. The van der Waals surface area contributed by atoms with Gasteiger partial charge in [-0.2, -0.15) is 18.4 Å². The van der Waals surface area contributed by atoms with Gasteiger partial charge in [-0.15, -0.1) is 0 Å². The van der Waals surface area contributed by atoms with Gasteiger partial charge in [-0.1, -0.05) is 11.3 Å². The number of rotatable bonds is 5. The van der Waals surface area contributed by atoms with Crippen LogP contribution in [-0.2, 0) is 31.4 Å². The average Bonchev–Trinajstić information content (AvgIpc) is 3.24. The van der Waals surface area contributed by atoms with Gasteiger partial charge >= 0.3 is 6.18 Å². The molecule has 178 valence electrons. The minimum Gasteiger partial charge on any atom is -0.385 e. The van der Waals surface area contributed by atoms with Gasteiger partial charge in [0, 0.05) is 23.4 Å². The quantitative estimate of drug-likeness (QED) is 0.493. The van der Waals surface area contributed by atoms with Crippen LogP contribution in [0.25, 0.3) is 0 Å². The summed E-state index contributed by atoms with van der Waals surface area (Å²) in [6.45, 7) is 2.71. The Morgan fingerprint density at radius 3 is 2.65 bits per heavy atom. The van der Waals surface area contributed by atoms with E-state index in [1.165, 1.54) is 20.2 Å². The first kappa shape index (κ1) is 23.8. The number of alkyl halides is 4. The summed E-state index contributed by atoms with van der Waals surface area (Å²) in [6.07, 6.45) is -2.91. The SMILES string of the molecule is CC(C)(O)c1sc(Nc2ncnc3c2CCN(c2ccc(C#N)c(CF)c2)C3)nc1C(F)(F)F. The highest BCUT2D eigenvalue weighted by atomic mass is 32.1. The molecule has 0 fully saturated rings. The van der Waals surface area contributed by atoms with E-state index in [9.17, 15) is 22.7 Å². The Hall–Kier alpha value is -3.30. The molecule has 12 heteroatoms. The van der Waals surface area contributed by atoms with Crippen molar-refractivity contribution < 1.29 is 22.7 Å². The molecule has 7 nitrogen and oxygen atoms in total. The number of hydrogen-bond acceptors (Lipinski definition) is 8. The van der Waals surface area contributed by atoms with Gasteiger partial charge in [0.2, 0.25) is 0 Å². The molecule has 3 aromatic rings. The Kier molecular flexibility index (Phi) is 6.18. The highest BCUT2D eigenvalue weighted by molar-refractivity contribution is 7.16. The molecule has 2 aromatic heterocycles. The Bertz CT molecular complexity index is 1230. The number of aliphatic hydroxyl groups is 1. The third-order valence-corrected chi connectivity index (χ3v) is 6.69. The maximum absolute atomic E-state index is 13.4. The van der Waals surface area contributed by atoms with E-state index in [0.717, 1.165) is 22.6 Å². The third kappa shape index (κ3) is 4.67. The summed E-state index contributed by atoms with van der Waals surface area (Å²) in [5, 5.41) is 22.1. The molecule has 0 unspecified atom stereocenters. The molecule has 4 rings (SSSR count). The van der Waals surface area contributed by atoms with Crippen molar-refractivity contribution in [1.29, 1.82) is 5.26 Å². The van der Waals surface area contributed by atoms with Crippen LogP contribution in [-0.4, -0.2) is 26.6 Å². The van der Waals surface area contributed by atoms with Crippen LogP contribution >= 0.6 is 11.3 Å². The highest BCUT2D eigenvalue weighted by Gasteiger charge is 2.41. The summed E-state index contributed by atoms with van der Waals surface area (Å²) in [6, 6.07) is 6.93. The number of aromatic nitrogens is 3. The van der Waals surface area contributed by atoms with Crippen LogP contribution in [0.5, 0.6) is 0 Å². The molecular formula is C22H20F4N6OS. The van der Waals surface area contributed by atoms with Crippen molar-refractivity contribution in [2.75, 3.05) is 16.8 Å². The number of hydrogen-bond donors (Lipinski definition) is 2. The molecule has 1 aliphatic rings. The molecule has 0 amide bonds. The van der Waals surface area contributed by atoms with Crippen molar-refractivity contribution in [3.8, 4) is 6.07 Å². The fourth-order valence-electron chi connectivity index (χ4n) is 3.76. The summed E-state index contributed by atoms with van der Waals surface area (Å²) in [5.74, 6) is 0.346.